The molecule has 2 aliphatic rings. The van der Waals surface area contributed by atoms with Crippen molar-refractivity contribution in [2.75, 3.05) is 13.1 Å². The topological polar surface area (TPSA) is 32.3 Å². The molecule has 0 radical (unpaired) electrons. The van der Waals surface area contributed by atoms with E-state index < -0.39 is 0 Å². The Morgan fingerprint density at radius 3 is 2.55 bits per heavy atom. The van der Waals surface area contributed by atoms with Crippen LogP contribution in [0.15, 0.2) is 0 Å². The molecule has 0 aromatic heterocycles. The third-order valence-electron chi connectivity index (χ3n) is 3.16. The maximum atomic E-state index is 9.49. The number of β-amino-alcohol motifs (C(OH)–C–C–N with tert-alkyl or cyclic N) is 1. The molecule has 64 valence electrons. The average molecular weight is 155 g/mol. The quantitative estimate of drug-likeness (QED) is 0.617. The highest BCUT2D eigenvalue weighted by Crippen LogP contribution is 2.33. The fourth-order valence-corrected chi connectivity index (χ4v) is 2.12. The fourth-order valence-electron chi connectivity index (χ4n) is 2.12. The molecule has 1 heterocycles. The second kappa shape index (κ2) is 3.11. The summed E-state index contributed by atoms with van der Waals surface area (Å²) in [5.74, 6) is 1.50. The molecule has 0 aromatic rings. The van der Waals surface area contributed by atoms with E-state index in [0.29, 0.717) is 5.92 Å². The number of aliphatic hydroxyl groups excluding tert-OH is 1. The Labute approximate surface area is 68.0 Å². The summed E-state index contributed by atoms with van der Waals surface area (Å²) in [5.41, 5.74) is 0. The normalized spacial score (nSPS) is 39.0. The van der Waals surface area contributed by atoms with E-state index in [2.05, 4.69) is 5.32 Å². The standard InChI is InChI=1S/C9H17NO/c11-9-6-10-5-8(9)4-7-2-1-3-7/h7-11H,1-6H2. The molecule has 0 spiro atoms. The zero-order valence-corrected chi connectivity index (χ0v) is 6.92. The minimum Gasteiger partial charge on any atom is -0.391 e. The van der Waals surface area contributed by atoms with Crippen LogP contribution in [0.2, 0.25) is 0 Å². The van der Waals surface area contributed by atoms with E-state index in [0.717, 1.165) is 19.0 Å². The smallest absolute Gasteiger partial charge is 0.0704 e. The van der Waals surface area contributed by atoms with Crippen LogP contribution in [-0.2, 0) is 0 Å². The van der Waals surface area contributed by atoms with E-state index in [1.807, 2.05) is 0 Å². The van der Waals surface area contributed by atoms with Gasteiger partial charge in [-0.15, -0.1) is 0 Å². The molecule has 1 saturated heterocycles. The van der Waals surface area contributed by atoms with Crippen LogP contribution in [0.1, 0.15) is 25.7 Å². The van der Waals surface area contributed by atoms with Gasteiger partial charge in [0.15, 0.2) is 0 Å². The molecule has 2 unspecified atom stereocenters. The Morgan fingerprint density at radius 2 is 2.09 bits per heavy atom. The van der Waals surface area contributed by atoms with Gasteiger partial charge >= 0.3 is 0 Å². The molecule has 1 saturated carbocycles. The maximum Gasteiger partial charge on any atom is 0.0704 e. The van der Waals surface area contributed by atoms with Gasteiger partial charge in [0, 0.05) is 13.1 Å². The first-order valence-corrected chi connectivity index (χ1v) is 4.75. The molecule has 2 nitrogen and oxygen atoms in total. The van der Waals surface area contributed by atoms with E-state index in [4.69, 9.17) is 0 Å². The third kappa shape index (κ3) is 1.57. The molecular formula is C9H17NO. The second-order valence-corrected chi connectivity index (χ2v) is 4.02. The lowest BCUT2D eigenvalue weighted by molar-refractivity contribution is 0.118. The Kier molecular flexibility index (Phi) is 2.14. The number of hydrogen-bond acceptors (Lipinski definition) is 2. The molecule has 1 aliphatic carbocycles. The van der Waals surface area contributed by atoms with E-state index in [1.54, 1.807) is 0 Å². The predicted octanol–water partition coefficient (Wildman–Crippen LogP) is 0.757. The largest absolute Gasteiger partial charge is 0.391 e. The van der Waals surface area contributed by atoms with Gasteiger partial charge in [-0.3, -0.25) is 0 Å². The zero-order valence-electron chi connectivity index (χ0n) is 6.92. The highest BCUT2D eigenvalue weighted by molar-refractivity contribution is 4.84. The van der Waals surface area contributed by atoms with Crippen LogP contribution in [0.4, 0.5) is 0 Å². The monoisotopic (exact) mass is 155 g/mol. The molecule has 1 aliphatic heterocycles. The first-order valence-electron chi connectivity index (χ1n) is 4.75. The van der Waals surface area contributed by atoms with Gasteiger partial charge < -0.3 is 10.4 Å². The molecule has 2 N–H and O–H groups in total. The zero-order chi connectivity index (χ0) is 7.68. The molecule has 2 heteroatoms. The van der Waals surface area contributed by atoms with Crippen molar-refractivity contribution in [1.82, 2.24) is 5.32 Å². The molecule has 0 bridgehead atoms. The van der Waals surface area contributed by atoms with Gasteiger partial charge in [-0.25, -0.2) is 0 Å². The SMILES string of the molecule is OC1CNCC1CC1CCC1. The van der Waals surface area contributed by atoms with Gasteiger partial charge in [0.25, 0.3) is 0 Å². The van der Waals surface area contributed by atoms with Crippen molar-refractivity contribution in [3.8, 4) is 0 Å². The lowest BCUT2D eigenvalue weighted by Gasteiger charge is -2.28. The molecule has 2 atom stereocenters. The minimum absolute atomic E-state index is 0.0596. The van der Waals surface area contributed by atoms with Crippen LogP contribution >= 0.6 is 0 Å². The van der Waals surface area contributed by atoms with Gasteiger partial charge in [0.2, 0.25) is 0 Å². The van der Waals surface area contributed by atoms with Crippen molar-refractivity contribution in [2.24, 2.45) is 11.8 Å². The summed E-state index contributed by atoms with van der Waals surface area (Å²) in [4.78, 5) is 0. The van der Waals surface area contributed by atoms with E-state index in [-0.39, 0.29) is 6.10 Å². The van der Waals surface area contributed by atoms with Crippen LogP contribution in [0.5, 0.6) is 0 Å². The molecular weight excluding hydrogens is 138 g/mol. The van der Waals surface area contributed by atoms with Gasteiger partial charge in [-0.2, -0.15) is 0 Å². The number of aliphatic hydroxyl groups is 1. The summed E-state index contributed by atoms with van der Waals surface area (Å²) in [5, 5.41) is 12.7. The molecule has 11 heavy (non-hydrogen) atoms. The first-order chi connectivity index (χ1) is 5.36. The van der Waals surface area contributed by atoms with Gasteiger partial charge in [-0.1, -0.05) is 19.3 Å². The van der Waals surface area contributed by atoms with E-state index >= 15 is 0 Å². The average Bonchev–Trinajstić information content (AvgIpc) is 2.27. The van der Waals surface area contributed by atoms with Crippen molar-refractivity contribution in [3.05, 3.63) is 0 Å². The summed E-state index contributed by atoms with van der Waals surface area (Å²) < 4.78 is 0. The van der Waals surface area contributed by atoms with Gasteiger partial charge in [0.05, 0.1) is 6.10 Å². The van der Waals surface area contributed by atoms with Crippen molar-refractivity contribution in [1.29, 1.82) is 0 Å². The lowest BCUT2D eigenvalue weighted by atomic mass is 9.78. The van der Waals surface area contributed by atoms with Crippen molar-refractivity contribution < 1.29 is 5.11 Å². The maximum absolute atomic E-state index is 9.49. The highest BCUT2D eigenvalue weighted by atomic mass is 16.3. The summed E-state index contributed by atoms with van der Waals surface area (Å²) in [6.07, 6.45) is 5.43. The lowest BCUT2D eigenvalue weighted by Crippen LogP contribution is -2.23. The van der Waals surface area contributed by atoms with E-state index in [1.165, 1.54) is 25.7 Å². The Morgan fingerprint density at radius 1 is 1.27 bits per heavy atom. The fraction of sp³-hybridized carbons (Fsp3) is 1.00. The van der Waals surface area contributed by atoms with Gasteiger partial charge in [-0.05, 0) is 18.3 Å². The van der Waals surface area contributed by atoms with Crippen LogP contribution in [-0.4, -0.2) is 24.3 Å². The van der Waals surface area contributed by atoms with Crippen LogP contribution < -0.4 is 5.32 Å². The molecule has 2 fully saturated rings. The van der Waals surface area contributed by atoms with Gasteiger partial charge in [0.1, 0.15) is 0 Å². The first kappa shape index (κ1) is 7.56. The van der Waals surface area contributed by atoms with Crippen molar-refractivity contribution >= 4 is 0 Å². The molecule has 0 amide bonds. The van der Waals surface area contributed by atoms with Crippen LogP contribution in [0, 0.1) is 11.8 Å². The highest BCUT2D eigenvalue weighted by Gasteiger charge is 2.29. The third-order valence-corrected chi connectivity index (χ3v) is 3.16. The van der Waals surface area contributed by atoms with Crippen LogP contribution in [0.25, 0.3) is 0 Å². The summed E-state index contributed by atoms with van der Waals surface area (Å²) in [6, 6.07) is 0. The number of nitrogens with one attached hydrogen (secondary N) is 1. The number of hydrogen-bond donors (Lipinski definition) is 2. The predicted molar refractivity (Wildman–Crippen MR) is 44.3 cm³/mol. The van der Waals surface area contributed by atoms with E-state index in [9.17, 15) is 5.11 Å². The Balaban J connectivity index is 1.75. The summed E-state index contributed by atoms with van der Waals surface area (Å²) in [6.45, 7) is 1.86. The second-order valence-electron chi connectivity index (χ2n) is 4.02. The molecule has 2 rings (SSSR count). The number of rotatable bonds is 2. The minimum atomic E-state index is -0.0596. The van der Waals surface area contributed by atoms with Crippen LogP contribution in [0.3, 0.4) is 0 Å². The Hall–Kier alpha value is -0.0800. The summed E-state index contributed by atoms with van der Waals surface area (Å²) >= 11 is 0. The molecule has 0 aromatic carbocycles. The Bertz CT molecular complexity index is 134. The van der Waals surface area contributed by atoms with Crippen molar-refractivity contribution in [3.63, 3.8) is 0 Å². The summed E-state index contributed by atoms with van der Waals surface area (Å²) in [7, 11) is 0. The van der Waals surface area contributed by atoms with Crippen molar-refractivity contribution in [2.45, 2.75) is 31.8 Å².